The van der Waals surface area contributed by atoms with Crippen molar-refractivity contribution in [1.29, 1.82) is 0 Å². The average Bonchev–Trinajstić information content (AvgIpc) is 2.26. The molecule has 1 aromatic carbocycles. The van der Waals surface area contributed by atoms with Gasteiger partial charge in [0.15, 0.2) is 0 Å². The molecule has 0 atom stereocenters. The minimum atomic E-state index is -4.66. The van der Waals surface area contributed by atoms with E-state index >= 15 is 0 Å². The molecule has 0 spiro atoms. The first kappa shape index (κ1) is 17.8. The van der Waals surface area contributed by atoms with Gasteiger partial charge in [-0.05, 0) is 45.4 Å². The van der Waals surface area contributed by atoms with E-state index in [9.17, 15) is 22.8 Å². The molecule has 1 aromatic rings. The molecule has 0 aromatic heterocycles. The normalized spacial score (nSPS) is 12.0. The minimum absolute atomic E-state index is 0.391. The zero-order valence-electron chi connectivity index (χ0n) is 12.5. The van der Waals surface area contributed by atoms with Gasteiger partial charge in [0, 0.05) is 0 Å². The SMILES string of the molecule is Cc1c(C(F)(F)F)ccc(C(=O)O)c1NC(=O)OC(C)(C)C. The van der Waals surface area contributed by atoms with Crippen LogP contribution in [0.25, 0.3) is 0 Å². The molecule has 0 aliphatic rings. The third-order valence-electron chi connectivity index (χ3n) is 2.63. The molecule has 1 amide bonds. The van der Waals surface area contributed by atoms with Crippen LogP contribution in [0.2, 0.25) is 0 Å². The van der Waals surface area contributed by atoms with Crippen LogP contribution in [0, 0.1) is 6.92 Å². The zero-order valence-corrected chi connectivity index (χ0v) is 12.5. The highest BCUT2D eigenvalue weighted by molar-refractivity contribution is 6.00. The van der Waals surface area contributed by atoms with Gasteiger partial charge in [0.2, 0.25) is 0 Å². The van der Waals surface area contributed by atoms with Crippen molar-refractivity contribution in [3.05, 3.63) is 28.8 Å². The largest absolute Gasteiger partial charge is 0.478 e. The van der Waals surface area contributed by atoms with Crippen LogP contribution in [0.5, 0.6) is 0 Å². The smallest absolute Gasteiger partial charge is 0.416 e. The summed E-state index contributed by atoms with van der Waals surface area (Å²) in [5.74, 6) is -1.46. The summed E-state index contributed by atoms with van der Waals surface area (Å²) in [7, 11) is 0. The average molecular weight is 319 g/mol. The number of rotatable bonds is 2. The number of carboxylic acid groups (broad SMARTS) is 1. The lowest BCUT2D eigenvalue weighted by atomic mass is 10.0. The number of carboxylic acids is 1. The van der Waals surface area contributed by atoms with Gasteiger partial charge in [0.25, 0.3) is 0 Å². The fraction of sp³-hybridized carbons (Fsp3) is 0.429. The fourth-order valence-corrected chi connectivity index (χ4v) is 1.76. The molecule has 1 rings (SSSR count). The van der Waals surface area contributed by atoms with Crippen molar-refractivity contribution < 1.29 is 32.6 Å². The number of halogens is 3. The van der Waals surface area contributed by atoms with E-state index in [1.54, 1.807) is 20.8 Å². The Kier molecular flexibility index (Phi) is 4.74. The van der Waals surface area contributed by atoms with Crippen LogP contribution < -0.4 is 5.32 Å². The van der Waals surface area contributed by atoms with Gasteiger partial charge in [0.1, 0.15) is 5.60 Å². The zero-order chi connectivity index (χ0) is 17.3. The Morgan fingerprint density at radius 3 is 2.14 bits per heavy atom. The van der Waals surface area contributed by atoms with Gasteiger partial charge >= 0.3 is 18.2 Å². The molecule has 0 aliphatic carbocycles. The van der Waals surface area contributed by atoms with E-state index in [0.717, 1.165) is 13.0 Å². The van der Waals surface area contributed by atoms with Crippen LogP contribution in [-0.2, 0) is 10.9 Å². The number of nitrogens with one attached hydrogen (secondary N) is 1. The molecule has 2 N–H and O–H groups in total. The summed E-state index contributed by atoms with van der Waals surface area (Å²) in [5, 5.41) is 11.1. The molecule has 0 saturated heterocycles. The summed E-state index contributed by atoms with van der Waals surface area (Å²) in [4.78, 5) is 22.8. The number of anilines is 1. The molecule has 8 heteroatoms. The van der Waals surface area contributed by atoms with E-state index in [2.05, 4.69) is 5.32 Å². The highest BCUT2D eigenvalue weighted by atomic mass is 19.4. The van der Waals surface area contributed by atoms with Crippen LogP contribution in [-0.4, -0.2) is 22.8 Å². The van der Waals surface area contributed by atoms with Gasteiger partial charge in [-0.25, -0.2) is 9.59 Å². The highest BCUT2D eigenvalue weighted by Gasteiger charge is 2.34. The number of carbonyl (C=O) groups excluding carboxylic acids is 1. The van der Waals surface area contributed by atoms with E-state index in [1.165, 1.54) is 0 Å². The molecular weight excluding hydrogens is 303 g/mol. The summed E-state index contributed by atoms with van der Waals surface area (Å²) in [5.41, 5.74) is -3.17. The molecule has 0 aliphatic heterocycles. The number of benzene rings is 1. The van der Waals surface area contributed by atoms with Crippen molar-refractivity contribution in [2.75, 3.05) is 5.32 Å². The highest BCUT2D eigenvalue weighted by Crippen LogP contribution is 2.36. The first-order valence-electron chi connectivity index (χ1n) is 6.27. The number of hydrogen-bond donors (Lipinski definition) is 2. The fourth-order valence-electron chi connectivity index (χ4n) is 1.76. The Bertz CT molecular complexity index is 603. The summed E-state index contributed by atoms with van der Waals surface area (Å²) < 4.78 is 43.6. The van der Waals surface area contributed by atoms with Gasteiger partial charge in [-0.2, -0.15) is 13.2 Å². The molecule has 0 saturated carbocycles. The molecule has 0 heterocycles. The predicted octanol–water partition coefficient (Wildman–Crippen LogP) is 4.06. The summed E-state index contributed by atoms with van der Waals surface area (Å²) in [6.45, 7) is 5.80. The van der Waals surface area contributed by atoms with E-state index in [4.69, 9.17) is 9.84 Å². The second kappa shape index (κ2) is 5.86. The Labute approximate surface area is 125 Å². The number of aromatic carboxylic acids is 1. The lowest BCUT2D eigenvalue weighted by molar-refractivity contribution is -0.138. The summed E-state index contributed by atoms with van der Waals surface area (Å²) >= 11 is 0. The lowest BCUT2D eigenvalue weighted by Gasteiger charge is -2.21. The quantitative estimate of drug-likeness (QED) is 0.862. The number of hydrogen-bond acceptors (Lipinski definition) is 3. The number of amides is 1. The van der Waals surface area contributed by atoms with Crippen LogP contribution in [0.15, 0.2) is 12.1 Å². The standard InChI is InChI=1S/C14H16F3NO4/c1-7-9(14(15,16)17)6-5-8(11(19)20)10(7)18-12(21)22-13(2,3)4/h5-6H,1-4H3,(H,18,21)(H,19,20). The minimum Gasteiger partial charge on any atom is -0.478 e. The van der Waals surface area contributed by atoms with Crippen LogP contribution in [0.4, 0.5) is 23.7 Å². The Morgan fingerprint density at radius 1 is 1.18 bits per heavy atom. The predicted molar refractivity (Wildman–Crippen MR) is 73.0 cm³/mol. The van der Waals surface area contributed by atoms with Crippen molar-refractivity contribution in [2.24, 2.45) is 0 Å². The van der Waals surface area contributed by atoms with Gasteiger partial charge in [-0.15, -0.1) is 0 Å². The number of alkyl halides is 3. The number of ether oxygens (including phenoxy) is 1. The van der Waals surface area contributed by atoms with Crippen molar-refractivity contribution in [2.45, 2.75) is 39.5 Å². The van der Waals surface area contributed by atoms with Crippen LogP contribution in [0.3, 0.4) is 0 Å². The van der Waals surface area contributed by atoms with E-state index in [-0.39, 0.29) is 0 Å². The maximum absolute atomic E-state index is 12.9. The second-order valence-electron chi connectivity index (χ2n) is 5.59. The molecular formula is C14H16F3NO4. The molecule has 0 unspecified atom stereocenters. The summed E-state index contributed by atoms with van der Waals surface area (Å²) in [6, 6.07) is 1.46. The van der Waals surface area contributed by atoms with Gasteiger partial charge in [-0.1, -0.05) is 0 Å². The van der Waals surface area contributed by atoms with E-state index in [1.807, 2.05) is 0 Å². The van der Waals surface area contributed by atoms with Crippen molar-refractivity contribution in [3.8, 4) is 0 Å². The van der Waals surface area contributed by atoms with Gasteiger partial charge in [0.05, 0.1) is 16.8 Å². The third kappa shape index (κ3) is 4.37. The maximum Gasteiger partial charge on any atom is 0.416 e. The van der Waals surface area contributed by atoms with Crippen LogP contribution >= 0.6 is 0 Å². The first-order chi connectivity index (χ1) is 9.83. The van der Waals surface area contributed by atoms with Gasteiger partial charge < -0.3 is 9.84 Å². The Morgan fingerprint density at radius 2 is 1.73 bits per heavy atom. The van der Waals surface area contributed by atoms with Crippen molar-refractivity contribution in [3.63, 3.8) is 0 Å². The van der Waals surface area contributed by atoms with Crippen LogP contribution in [0.1, 0.15) is 42.3 Å². The first-order valence-corrected chi connectivity index (χ1v) is 6.27. The molecule has 0 fully saturated rings. The monoisotopic (exact) mass is 319 g/mol. The Balaban J connectivity index is 3.31. The topological polar surface area (TPSA) is 75.6 Å². The lowest BCUT2D eigenvalue weighted by Crippen LogP contribution is -2.28. The third-order valence-corrected chi connectivity index (χ3v) is 2.63. The molecule has 22 heavy (non-hydrogen) atoms. The molecule has 0 radical (unpaired) electrons. The molecule has 0 bridgehead atoms. The Hall–Kier alpha value is -2.25. The molecule has 122 valence electrons. The summed E-state index contributed by atoms with van der Waals surface area (Å²) in [6.07, 6.45) is -5.69. The molecule has 5 nitrogen and oxygen atoms in total. The van der Waals surface area contributed by atoms with Crippen molar-refractivity contribution in [1.82, 2.24) is 0 Å². The maximum atomic E-state index is 12.9. The van der Waals surface area contributed by atoms with E-state index in [0.29, 0.717) is 6.07 Å². The second-order valence-corrected chi connectivity index (χ2v) is 5.59. The van der Waals surface area contributed by atoms with Gasteiger partial charge in [-0.3, -0.25) is 5.32 Å². The number of carbonyl (C=O) groups is 2. The van der Waals surface area contributed by atoms with Crippen molar-refractivity contribution >= 4 is 17.7 Å². The van der Waals surface area contributed by atoms with E-state index < -0.39 is 46.2 Å².